The highest BCUT2D eigenvalue weighted by Crippen LogP contribution is 2.32. The van der Waals surface area contributed by atoms with Crippen molar-refractivity contribution in [1.82, 2.24) is 9.38 Å². The smallest absolute Gasteiger partial charge is 0.352 e. The van der Waals surface area contributed by atoms with Gasteiger partial charge in [0.15, 0.2) is 15.0 Å². The fourth-order valence-corrected chi connectivity index (χ4v) is 4.54. The molecule has 0 aromatic carbocycles. The van der Waals surface area contributed by atoms with Gasteiger partial charge in [-0.3, -0.25) is 4.40 Å². The number of pyridine rings is 1. The zero-order valence-electron chi connectivity index (χ0n) is 10.3. The molecule has 0 aliphatic carbocycles. The van der Waals surface area contributed by atoms with Crippen molar-refractivity contribution in [2.24, 2.45) is 0 Å². The molecule has 1 N–H and O–H groups in total. The van der Waals surface area contributed by atoms with E-state index in [0.29, 0.717) is 17.8 Å². The minimum Gasteiger partial charge on any atom is -0.477 e. The zero-order valence-corrected chi connectivity index (χ0v) is 11.9. The summed E-state index contributed by atoms with van der Waals surface area (Å²) >= 11 is 6.03. The summed E-state index contributed by atoms with van der Waals surface area (Å²) in [4.78, 5) is 15.5. The Kier molecular flexibility index (Phi) is 2.98. The van der Waals surface area contributed by atoms with Crippen LogP contribution in [0.25, 0.3) is 5.52 Å². The van der Waals surface area contributed by atoms with Crippen LogP contribution >= 0.6 is 11.6 Å². The molecule has 8 heteroatoms. The average Bonchev–Trinajstić information content (AvgIpc) is 2.90. The quantitative estimate of drug-likeness (QED) is 0.909. The number of hydrogen-bond acceptors (Lipinski definition) is 4. The highest BCUT2D eigenvalue weighted by atomic mass is 35.5. The maximum Gasteiger partial charge on any atom is 0.352 e. The van der Waals surface area contributed by atoms with Crippen LogP contribution < -0.4 is 0 Å². The third-order valence-electron chi connectivity index (χ3n) is 3.46. The van der Waals surface area contributed by atoms with Crippen LogP contribution in [0.1, 0.15) is 28.7 Å². The number of imidazole rings is 1. The second kappa shape index (κ2) is 4.46. The van der Waals surface area contributed by atoms with Gasteiger partial charge in [-0.2, -0.15) is 0 Å². The molecule has 0 amide bonds. The van der Waals surface area contributed by atoms with E-state index >= 15 is 0 Å². The van der Waals surface area contributed by atoms with Gasteiger partial charge in [-0.25, -0.2) is 18.2 Å². The molecule has 106 valence electrons. The lowest BCUT2D eigenvalue weighted by Crippen LogP contribution is -2.12. The molecule has 0 spiro atoms. The fraction of sp³-hybridized carbons (Fsp3) is 0.333. The van der Waals surface area contributed by atoms with Crippen LogP contribution in [-0.2, 0) is 9.84 Å². The van der Waals surface area contributed by atoms with Crippen LogP contribution in [0.4, 0.5) is 0 Å². The number of sulfone groups is 1. The number of hydrogen-bond donors (Lipinski definition) is 1. The minimum atomic E-state index is -3.08. The number of aromatic carboxylic acids is 1. The number of carboxylic acid groups (broad SMARTS) is 1. The molecule has 1 aliphatic rings. The predicted molar refractivity (Wildman–Crippen MR) is 73.2 cm³/mol. The number of aromatic nitrogens is 2. The Hall–Kier alpha value is -1.60. The van der Waals surface area contributed by atoms with Crippen molar-refractivity contribution in [2.75, 3.05) is 11.5 Å². The van der Waals surface area contributed by atoms with E-state index in [4.69, 9.17) is 11.6 Å². The fourth-order valence-electron chi connectivity index (χ4n) is 2.56. The lowest BCUT2D eigenvalue weighted by atomic mass is 10.1. The largest absolute Gasteiger partial charge is 0.477 e. The summed E-state index contributed by atoms with van der Waals surface area (Å²) < 4.78 is 24.6. The van der Waals surface area contributed by atoms with E-state index in [9.17, 15) is 18.3 Å². The predicted octanol–water partition coefficient (Wildman–Crippen LogP) is 1.59. The third-order valence-corrected chi connectivity index (χ3v) is 5.51. The second-order valence-corrected chi connectivity index (χ2v) is 7.38. The number of rotatable bonds is 2. The van der Waals surface area contributed by atoms with Crippen LogP contribution in [-0.4, -0.2) is 40.4 Å². The first-order valence-corrected chi connectivity index (χ1v) is 8.19. The van der Waals surface area contributed by atoms with E-state index in [0.717, 1.165) is 0 Å². The molecule has 3 heterocycles. The van der Waals surface area contributed by atoms with E-state index in [1.807, 2.05) is 0 Å². The molecule has 0 saturated carbocycles. The maximum absolute atomic E-state index is 11.6. The van der Waals surface area contributed by atoms with Crippen molar-refractivity contribution in [3.63, 3.8) is 0 Å². The Morgan fingerprint density at radius 3 is 2.80 bits per heavy atom. The molecule has 2 aromatic heterocycles. The average molecular weight is 315 g/mol. The summed E-state index contributed by atoms with van der Waals surface area (Å²) in [6.07, 6.45) is 0.436. The molecule has 0 bridgehead atoms. The van der Waals surface area contributed by atoms with E-state index in [-0.39, 0.29) is 28.3 Å². The molecule has 1 atom stereocenters. The maximum atomic E-state index is 11.6. The van der Waals surface area contributed by atoms with Crippen molar-refractivity contribution in [3.8, 4) is 0 Å². The van der Waals surface area contributed by atoms with Crippen LogP contribution in [0.2, 0.25) is 5.15 Å². The summed E-state index contributed by atoms with van der Waals surface area (Å²) in [5, 5.41) is 9.44. The molecule has 6 nitrogen and oxygen atoms in total. The van der Waals surface area contributed by atoms with E-state index < -0.39 is 15.8 Å². The van der Waals surface area contributed by atoms with Gasteiger partial charge in [0.1, 0.15) is 11.5 Å². The molecule has 1 fully saturated rings. The van der Waals surface area contributed by atoms with Gasteiger partial charge >= 0.3 is 5.97 Å². The number of fused-ring (bicyclic) bond motifs is 1. The molecule has 1 aliphatic heterocycles. The van der Waals surface area contributed by atoms with E-state index in [1.54, 1.807) is 12.1 Å². The molecular weight excluding hydrogens is 304 g/mol. The van der Waals surface area contributed by atoms with Gasteiger partial charge in [0.2, 0.25) is 0 Å². The van der Waals surface area contributed by atoms with Gasteiger partial charge in [-0.05, 0) is 18.6 Å². The van der Waals surface area contributed by atoms with Gasteiger partial charge in [-0.1, -0.05) is 17.7 Å². The number of carbonyl (C=O) groups is 1. The Labute approximate surface area is 119 Å². The van der Waals surface area contributed by atoms with Gasteiger partial charge in [0.25, 0.3) is 0 Å². The minimum absolute atomic E-state index is 0.0175. The van der Waals surface area contributed by atoms with Crippen molar-refractivity contribution in [3.05, 3.63) is 34.9 Å². The summed E-state index contributed by atoms with van der Waals surface area (Å²) in [7, 11) is -3.08. The summed E-state index contributed by atoms with van der Waals surface area (Å²) in [5.41, 5.74) is 0.507. The van der Waals surface area contributed by atoms with Gasteiger partial charge in [0, 0.05) is 5.92 Å². The highest BCUT2D eigenvalue weighted by Gasteiger charge is 2.33. The van der Waals surface area contributed by atoms with Gasteiger partial charge < -0.3 is 5.11 Å². The SMILES string of the molecule is O=C(O)c1cccc2c(Cl)nc(C3CCS(=O)(=O)C3)n12. The number of nitrogens with zero attached hydrogens (tertiary/aromatic N) is 2. The van der Waals surface area contributed by atoms with Crippen molar-refractivity contribution in [2.45, 2.75) is 12.3 Å². The van der Waals surface area contributed by atoms with Crippen molar-refractivity contribution < 1.29 is 18.3 Å². The van der Waals surface area contributed by atoms with Crippen molar-refractivity contribution >= 4 is 32.9 Å². The molecule has 1 saturated heterocycles. The Morgan fingerprint density at radius 2 is 2.20 bits per heavy atom. The first-order chi connectivity index (χ1) is 9.39. The van der Waals surface area contributed by atoms with Gasteiger partial charge in [-0.15, -0.1) is 0 Å². The van der Waals surface area contributed by atoms with E-state index in [2.05, 4.69) is 4.98 Å². The molecule has 2 aromatic rings. The first kappa shape index (κ1) is 13.4. The molecule has 1 unspecified atom stereocenters. The van der Waals surface area contributed by atoms with Crippen LogP contribution in [0, 0.1) is 0 Å². The zero-order chi connectivity index (χ0) is 14.5. The normalized spacial score (nSPS) is 21.4. The number of halogens is 1. The Balaban J connectivity index is 2.24. The Bertz CT molecular complexity index is 812. The first-order valence-electron chi connectivity index (χ1n) is 5.99. The summed E-state index contributed by atoms with van der Waals surface area (Å²) in [5.74, 6) is -0.938. The lowest BCUT2D eigenvalue weighted by molar-refractivity contribution is 0.0688. The van der Waals surface area contributed by atoms with Crippen molar-refractivity contribution in [1.29, 1.82) is 0 Å². The second-order valence-electron chi connectivity index (χ2n) is 4.80. The van der Waals surface area contributed by atoms with E-state index in [1.165, 1.54) is 10.5 Å². The van der Waals surface area contributed by atoms with Crippen LogP contribution in [0.15, 0.2) is 18.2 Å². The van der Waals surface area contributed by atoms with Crippen LogP contribution in [0.5, 0.6) is 0 Å². The Morgan fingerprint density at radius 1 is 1.45 bits per heavy atom. The lowest BCUT2D eigenvalue weighted by Gasteiger charge is -2.09. The molecule has 0 radical (unpaired) electrons. The topological polar surface area (TPSA) is 88.7 Å². The molecule has 20 heavy (non-hydrogen) atoms. The number of carboxylic acids is 1. The third kappa shape index (κ3) is 2.06. The summed E-state index contributed by atoms with van der Waals surface area (Å²) in [6, 6.07) is 4.69. The van der Waals surface area contributed by atoms with Gasteiger partial charge in [0.05, 0.1) is 17.0 Å². The molecular formula is C12H11ClN2O4S. The molecule has 3 rings (SSSR count). The highest BCUT2D eigenvalue weighted by molar-refractivity contribution is 7.91. The monoisotopic (exact) mass is 314 g/mol. The standard InChI is InChI=1S/C12H11ClN2O4S/c13-10-8-2-1-3-9(12(16)17)15(8)11(14-10)7-4-5-20(18,19)6-7/h1-3,7H,4-6H2,(H,16,17). The van der Waals surface area contributed by atoms with Crippen LogP contribution in [0.3, 0.4) is 0 Å². The summed E-state index contributed by atoms with van der Waals surface area (Å²) in [6.45, 7) is 0.